The van der Waals surface area contributed by atoms with Gasteiger partial charge in [-0.1, -0.05) is 0 Å². The smallest absolute Gasteiger partial charge is 0.410 e. The lowest BCUT2D eigenvalue weighted by atomic mass is 10.1. The van der Waals surface area contributed by atoms with Gasteiger partial charge < -0.3 is 15.4 Å². The molecule has 0 bridgehead atoms. The van der Waals surface area contributed by atoms with Crippen molar-refractivity contribution in [3.05, 3.63) is 6.20 Å². The molecule has 0 aliphatic carbocycles. The number of ether oxygens (including phenoxy) is 1. The average molecular weight is 267 g/mol. The Kier molecular flexibility index (Phi) is 3.64. The molecule has 2 heterocycles. The largest absolute Gasteiger partial charge is 0.444 e. The van der Waals surface area contributed by atoms with Crippen molar-refractivity contribution in [2.24, 2.45) is 0 Å². The molecule has 1 aliphatic rings. The number of anilines is 1. The van der Waals surface area contributed by atoms with Crippen LogP contribution in [-0.4, -0.2) is 44.7 Å². The first-order chi connectivity index (χ1) is 8.85. The molecule has 1 aromatic rings. The molecule has 0 saturated carbocycles. The molecule has 7 nitrogen and oxygen atoms in total. The molecule has 2 N–H and O–H groups in total. The lowest BCUT2D eigenvalue weighted by Gasteiger charge is -2.32. The van der Waals surface area contributed by atoms with Gasteiger partial charge in [0, 0.05) is 13.1 Å². The molecule has 1 saturated heterocycles. The van der Waals surface area contributed by atoms with E-state index >= 15 is 0 Å². The van der Waals surface area contributed by atoms with Crippen molar-refractivity contribution in [3.63, 3.8) is 0 Å². The third-order valence-electron chi connectivity index (χ3n) is 2.97. The van der Waals surface area contributed by atoms with E-state index in [2.05, 4.69) is 10.2 Å². The molecule has 0 aromatic carbocycles. The van der Waals surface area contributed by atoms with Crippen LogP contribution in [0.2, 0.25) is 0 Å². The summed E-state index contributed by atoms with van der Waals surface area (Å²) in [7, 11) is 0. The minimum Gasteiger partial charge on any atom is -0.444 e. The number of nitrogens with zero attached hydrogens (tertiary/aromatic N) is 4. The van der Waals surface area contributed by atoms with Gasteiger partial charge >= 0.3 is 6.09 Å². The number of hydrogen-bond acceptors (Lipinski definition) is 5. The van der Waals surface area contributed by atoms with E-state index in [-0.39, 0.29) is 12.1 Å². The first kappa shape index (κ1) is 13.6. The summed E-state index contributed by atoms with van der Waals surface area (Å²) < 4.78 is 5.35. The summed E-state index contributed by atoms with van der Waals surface area (Å²) >= 11 is 0. The van der Waals surface area contributed by atoms with Crippen molar-refractivity contribution in [2.45, 2.75) is 45.3 Å². The number of nitrogen functional groups attached to an aromatic ring is 1. The molecule has 1 aliphatic heterocycles. The first-order valence-electron chi connectivity index (χ1n) is 6.50. The monoisotopic (exact) mass is 267 g/mol. The molecular formula is C12H21N5O2. The summed E-state index contributed by atoms with van der Waals surface area (Å²) in [6, 6.07) is 0.205. The second-order valence-corrected chi connectivity index (χ2v) is 5.79. The molecule has 0 unspecified atom stereocenters. The SMILES string of the molecule is CC(C)(C)OC(=O)N1CCC(n2ncc(N)n2)CC1. The van der Waals surface area contributed by atoms with Crippen LogP contribution < -0.4 is 5.73 Å². The zero-order valence-corrected chi connectivity index (χ0v) is 11.7. The van der Waals surface area contributed by atoms with Gasteiger partial charge in [-0.15, -0.1) is 5.10 Å². The van der Waals surface area contributed by atoms with Gasteiger partial charge in [0.25, 0.3) is 0 Å². The molecule has 1 fully saturated rings. The van der Waals surface area contributed by atoms with E-state index in [9.17, 15) is 4.79 Å². The van der Waals surface area contributed by atoms with Crippen molar-refractivity contribution in [1.29, 1.82) is 0 Å². The third-order valence-corrected chi connectivity index (χ3v) is 2.97. The van der Waals surface area contributed by atoms with E-state index < -0.39 is 5.60 Å². The highest BCUT2D eigenvalue weighted by Crippen LogP contribution is 2.22. The predicted molar refractivity (Wildman–Crippen MR) is 70.5 cm³/mol. The number of rotatable bonds is 1. The summed E-state index contributed by atoms with van der Waals surface area (Å²) in [6.45, 7) is 6.91. The zero-order valence-electron chi connectivity index (χ0n) is 11.7. The van der Waals surface area contributed by atoms with Crippen LogP contribution in [0.3, 0.4) is 0 Å². The molecule has 0 radical (unpaired) electrons. The molecular weight excluding hydrogens is 246 g/mol. The molecule has 2 rings (SSSR count). The van der Waals surface area contributed by atoms with Crippen molar-refractivity contribution >= 4 is 11.9 Å². The number of hydrogen-bond donors (Lipinski definition) is 1. The Balaban J connectivity index is 1.87. The van der Waals surface area contributed by atoms with Crippen molar-refractivity contribution < 1.29 is 9.53 Å². The highest BCUT2D eigenvalue weighted by Gasteiger charge is 2.28. The molecule has 0 spiro atoms. The van der Waals surface area contributed by atoms with Gasteiger partial charge in [-0.05, 0) is 33.6 Å². The summed E-state index contributed by atoms with van der Waals surface area (Å²) in [5.41, 5.74) is 5.10. The third kappa shape index (κ3) is 3.59. The van der Waals surface area contributed by atoms with Gasteiger partial charge in [0.2, 0.25) is 0 Å². The fourth-order valence-electron chi connectivity index (χ4n) is 2.07. The standard InChI is InChI=1S/C12H21N5O2/c1-12(2,3)19-11(18)16-6-4-9(5-7-16)17-14-8-10(13)15-17/h8-9H,4-7H2,1-3H3,(H2,13,15). The predicted octanol–water partition coefficient (Wildman–Crippen LogP) is 1.43. The van der Waals surface area contributed by atoms with Crippen LogP contribution in [0.4, 0.5) is 10.6 Å². The Morgan fingerprint density at radius 3 is 2.53 bits per heavy atom. The number of nitrogens with two attached hydrogens (primary N) is 1. The fourth-order valence-corrected chi connectivity index (χ4v) is 2.07. The Morgan fingerprint density at radius 1 is 1.42 bits per heavy atom. The normalized spacial score (nSPS) is 17.5. The summed E-state index contributed by atoms with van der Waals surface area (Å²) in [6.07, 6.45) is 2.92. The molecule has 1 aromatic heterocycles. The van der Waals surface area contributed by atoms with E-state index in [1.165, 1.54) is 0 Å². The molecule has 106 valence electrons. The first-order valence-corrected chi connectivity index (χ1v) is 6.50. The number of piperidine rings is 1. The van der Waals surface area contributed by atoms with Gasteiger partial charge in [0.05, 0.1) is 12.2 Å². The van der Waals surface area contributed by atoms with Crippen LogP contribution in [0.1, 0.15) is 39.7 Å². The molecule has 1 amide bonds. The summed E-state index contributed by atoms with van der Waals surface area (Å²) in [5.74, 6) is 0.426. The van der Waals surface area contributed by atoms with E-state index in [0.717, 1.165) is 12.8 Å². The fraction of sp³-hybridized carbons (Fsp3) is 0.750. The van der Waals surface area contributed by atoms with Crippen molar-refractivity contribution in [3.8, 4) is 0 Å². The van der Waals surface area contributed by atoms with Gasteiger partial charge in [-0.3, -0.25) is 0 Å². The number of carbonyl (C=O) groups excluding carboxylic acids is 1. The van der Waals surface area contributed by atoms with Crippen LogP contribution in [0.25, 0.3) is 0 Å². The maximum atomic E-state index is 11.9. The number of likely N-dealkylation sites (tertiary alicyclic amines) is 1. The van der Waals surface area contributed by atoms with Gasteiger partial charge in [0.1, 0.15) is 5.60 Å². The maximum absolute atomic E-state index is 11.9. The number of aromatic nitrogens is 3. The van der Waals surface area contributed by atoms with Gasteiger partial charge in [-0.2, -0.15) is 9.90 Å². The Morgan fingerprint density at radius 2 is 2.05 bits per heavy atom. The van der Waals surface area contributed by atoms with Gasteiger partial charge in [0.15, 0.2) is 5.82 Å². The second kappa shape index (κ2) is 5.07. The van der Waals surface area contributed by atoms with E-state index in [4.69, 9.17) is 10.5 Å². The highest BCUT2D eigenvalue weighted by atomic mass is 16.6. The van der Waals surface area contributed by atoms with Crippen molar-refractivity contribution in [1.82, 2.24) is 19.9 Å². The number of amides is 1. The van der Waals surface area contributed by atoms with E-state index in [1.54, 1.807) is 15.9 Å². The van der Waals surface area contributed by atoms with Crippen molar-refractivity contribution in [2.75, 3.05) is 18.8 Å². The van der Waals surface area contributed by atoms with Crippen LogP contribution in [0, 0.1) is 0 Å². The lowest BCUT2D eigenvalue weighted by Crippen LogP contribution is -2.42. The Hall–Kier alpha value is -1.79. The summed E-state index contributed by atoms with van der Waals surface area (Å²) in [4.78, 5) is 15.3. The van der Waals surface area contributed by atoms with Crippen LogP contribution in [0.5, 0.6) is 0 Å². The summed E-state index contributed by atoms with van der Waals surface area (Å²) in [5, 5.41) is 8.23. The highest BCUT2D eigenvalue weighted by molar-refractivity contribution is 5.68. The number of carbonyl (C=O) groups is 1. The minimum atomic E-state index is -0.452. The lowest BCUT2D eigenvalue weighted by molar-refractivity contribution is 0.0180. The Bertz CT molecular complexity index is 443. The zero-order chi connectivity index (χ0) is 14.0. The van der Waals surface area contributed by atoms with E-state index in [1.807, 2.05) is 20.8 Å². The van der Waals surface area contributed by atoms with Gasteiger partial charge in [-0.25, -0.2) is 4.79 Å². The second-order valence-electron chi connectivity index (χ2n) is 5.79. The van der Waals surface area contributed by atoms with E-state index in [0.29, 0.717) is 18.9 Å². The molecule has 0 atom stereocenters. The topological polar surface area (TPSA) is 86.3 Å². The quantitative estimate of drug-likeness (QED) is 0.831. The Labute approximate surface area is 112 Å². The van der Waals surface area contributed by atoms with Crippen LogP contribution in [0.15, 0.2) is 6.20 Å². The van der Waals surface area contributed by atoms with Crippen LogP contribution >= 0.6 is 0 Å². The minimum absolute atomic E-state index is 0.205. The maximum Gasteiger partial charge on any atom is 0.410 e. The van der Waals surface area contributed by atoms with Crippen LogP contribution in [-0.2, 0) is 4.74 Å². The average Bonchev–Trinajstić information content (AvgIpc) is 2.74. The molecule has 7 heteroatoms. The molecule has 19 heavy (non-hydrogen) atoms.